The molecule has 5 nitrogen and oxygen atoms in total. The van der Waals surface area contributed by atoms with Gasteiger partial charge < -0.3 is 10.0 Å². The Balaban J connectivity index is 2.28. The second kappa shape index (κ2) is 4.49. The molecule has 1 aromatic carbocycles. The van der Waals surface area contributed by atoms with Crippen LogP contribution in [0.1, 0.15) is 12.0 Å². The van der Waals surface area contributed by atoms with E-state index in [0.717, 1.165) is 0 Å². The Hall–Kier alpha value is -1.76. The summed E-state index contributed by atoms with van der Waals surface area (Å²) in [6.45, 7) is -0.681. The Labute approximate surface area is 102 Å². The Kier molecular flexibility index (Phi) is 3.16. The molecule has 98 valence electrons. The highest BCUT2D eigenvalue weighted by atomic mass is 19.3. The lowest BCUT2D eigenvalue weighted by atomic mass is 10.1. The van der Waals surface area contributed by atoms with Crippen LogP contribution < -0.4 is 4.90 Å². The second-order valence-corrected chi connectivity index (χ2v) is 4.26. The maximum absolute atomic E-state index is 13.1. The third-order valence-corrected chi connectivity index (χ3v) is 2.96. The molecule has 0 radical (unpaired) electrons. The number of hydrogen-bond acceptors (Lipinski definition) is 4. The van der Waals surface area contributed by atoms with Crippen molar-refractivity contribution >= 4 is 11.4 Å². The molecule has 2 rings (SSSR count). The molecule has 1 fully saturated rings. The molecular formula is C11H12F2N2O3. The average molecular weight is 258 g/mol. The van der Waals surface area contributed by atoms with Gasteiger partial charge in [-0.25, -0.2) is 8.78 Å². The fourth-order valence-corrected chi connectivity index (χ4v) is 2.03. The molecule has 1 aliphatic rings. The number of alkyl halides is 2. The number of aliphatic hydroxyl groups excluding tert-OH is 1. The summed E-state index contributed by atoms with van der Waals surface area (Å²) in [5, 5.41) is 19.7. The van der Waals surface area contributed by atoms with E-state index < -0.39 is 24.0 Å². The van der Waals surface area contributed by atoms with Crippen molar-refractivity contribution < 1.29 is 18.8 Å². The average Bonchev–Trinajstić information content (AvgIpc) is 2.68. The lowest BCUT2D eigenvalue weighted by Crippen LogP contribution is -2.24. The monoisotopic (exact) mass is 258 g/mol. The number of nitro benzene ring substituents is 1. The summed E-state index contributed by atoms with van der Waals surface area (Å²) in [7, 11) is 0. The van der Waals surface area contributed by atoms with Crippen LogP contribution in [0, 0.1) is 10.1 Å². The zero-order valence-electron chi connectivity index (χ0n) is 9.47. The first-order valence-electron chi connectivity index (χ1n) is 5.44. The van der Waals surface area contributed by atoms with E-state index in [2.05, 4.69) is 0 Å². The first-order chi connectivity index (χ1) is 8.43. The Morgan fingerprint density at radius 3 is 2.72 bits per heavy atom. The smallest absolute Gasteiger partial charge is 0.275 e. The number of aliphatic hydroxyl groups is 1. The summed E-state index contributed by atoms with van der Waals surface area (Å²) in [6.07, 6.45) is -0.224. The van der Waals surface area contributed by atoms with Crippen molar-refractivity contribution in [1.82, 2.24) is 0 Å². The van der Waals surface area contributed by atoms with Gasteiger partial charge >= 0.3 is 0 Å². The zero-order chi connectivity index (χ0) is 13.3. The van der Waals surface area contributed by atoms with Crippen molar-refractivity contribution in [2.45, 2.75) is 19.0 Å². The molecule has 0 bridgehead atoms. The topological polar surface area (TPSA) is 66.6 Å². The normalized spacial score (nSPS) is 18.1. The quantitative estimate of drug-likeness (QED) is 0.664. The van der Waals surface area contributed by atoms with Crippen LogP contribution in [0.4, 0.5) is 20.2 Å². The number of rotatable bonds is 3. The number of nitro groups is 1. The van der Waals surface area contributed by atoms with E-state index in [0.29, 0.717) is 5.69 Å². The van der Waals surface area contributed by atoms with Gasteiger partial charge in [-0.05, 0) is 12.1 Å². The van der Waals surface area contributed by atoms with Gasteiger partial charge in [0.05, 0.1) is 23.6 Å². The molecule has 18 heavy (non-hydrogen) atoms. The Bertz CT molecular complexity index is 479. The molecule has 0 saturated carbocycles. The molecule has 0 unspecified atom stereocenters. The van der Waals surface area contributed by atoms with Gasteiger partial charge in [0.2, 0.25) is 0 Å². The van der Waals surface area contributed by atoms with Gasteiger partial charge in [-0.3, -0.25) is 10.1 Å². The largest absolute Gasteiger partial charge is 0.391 e. The number of benzene rings is 1. The molecule has 1 aliphatic heterocycles. The summed E-state index contributed by atoms with van der Waals surface area (Å²) >= 11 is 0. The van der Waals surface area contributed by atoms with Crippen molar-refractivity contribution in [3.8, 4) is 0 Å². The van der Waals surface area contributed by atoms with E-state index in [4.69, 9.17) is 5.11 Å². The van der Waals surface area contributed by atoms with Crippen molar-refractivity contribution in [2.24, 2.45) is 0 Å². The molecule has 0 amide bonds. The third kappa shape index (κ3) is 2.40. The fraction of sp³-hybridized carbons (Fsp3) is 0.455. The van der Waals surface area contributed by atoms with Crippen LogP contribution in [0.3, 0.4) is 0 Å². The van der Waals surface area contributed by atoms with Gasteiger partial charge in [0, 0.05) is 24.7 Å². The van der Waals surface area contributed by atoms with Crippen LogP contribution in [-0.2, 0) is 6.61 Å². The number of hydrogen-bond donors (Lipinski definition) is 1. The zero-order valence-corrected chi connectivity index (χ0v) is 9.47. The van der Waals surface area contributed by atoms with Crippen molar-refractivity contribution in [3.05, 3.63) is 33.9 Å². The summed E-state index contributed by atoms with van der Waals surface area (Å²) in [6, 6.07) is 4.05. The van der Waals surface area contributed by atoms with Crippen LogP contribution in [0.25, 0.3) is 0 Å². The molecule has 1 heterocycles. The molecule has 7 heteroatoms. The van der Waals surface area contributed by atoms with Gasteiger partial charge in [-0.2, -0.15) is 0 Å². The highest BCUT2D eigenvalue weighted by molar-refractivity contribution is 5.56. The third-order valence-electron chi connectivity index (χ3n) is 2.96. The predicted octanol–water partition coefficient (Wildman–Crippen LogP) is 1.93. The lowest BCUT2D eigenvalue weighted by molar-refractivity contribution is -0.385. The first kappa shape index (κ1) is 12.7. The summed E-state index contributed by atoms with van der Waals surface area (Å²) in [5.74, 6) is -2.72. The van der Waals surface area contributed by atoms with E-state index in [1.807, 2.05) is 0 Å². The first-order valence-corrected chi connectivity index (χ1v) is 5.44. The van der Waals surface area contributed by atoms with Crippen LogP contribution >= 0.6 is 0 Å². The van der Waals surface area contributed by atoms with E-state index >= 15 is 0 Å². The number of halogens is 2. The van der Waals surface area contributed by atoms with E-state index in [9.17, 15) is 18.9 Å². The standard InChI is InChI=1S/C11H12F2N2O3/c12-11(13)3-4-14(7-11)9-1-2-10(15(17)18)8(5-9)6-16/h1-2,5,16H,3-4,6-7H2. The molecule has 1 saturated heterocycles. The van der Waals surface area contributed by atoms with Gasteiger partial charge in [0.15, 0.2) is 0 Å². The van der Waals surface area contributed by atoms with E-state index in [1.165, 1.54) is 23.1 Å². The van der Waals surface area contributed by atoms with Gasteiger partial charge in [0.25, 0.3) is 11.6 Å². The van der Waals surface area contributed by atoms with Crippen molar-refractivity contribution in [1.29, 1.82) is 0 Å². The highest BCUT2D eigenvalue weighted by Crippen LogP contribution is 2.32. The molecule has 0 atom stereocenters. The minimum atomic E-state index is -2.72. The summed E-state index contributed by atoms with van der Waals surface area (Å²) in [4.78, 5) is 11.5. The summed E-state index contributed by atoms with van der Waals surface area (Å²) < 4.78 is 26.1. The Morgan fingerprint density at radius 2 is 2.22 bits per heavy atom. The maximum Gasteiger partial charge on any atom is 0.275 e. The predicted molar refractivity (Wildman–Crippen MR) is 60.8 cm³/mol. The fourth-order valence-electron chi connectivity index (χ4n) is 2.03. The van der Waals surface area contributed by atoms with Crippen LogP contribution in [0.15, 0.2) is 18.2 Å². The molecule has 0 spiro atoms. The van der Waals surface area contributed by atoms with Gasteiger partial charge in [-0.1, -0.05) is 0 Å². The van der Waals surface area contributed by atoms with Crippen LogP contribution in [0.5, 0.6) is 0 Å². The van der Waals surface area contributed by atoms with Crippen molar-refractivity contribution in [2.75, 3.05) is 18.0 Å². The number of nitrogens with zero attached hydrogens (tertiary/aromatic N) is 2. The molecule has 0 aromatic heterocycles. The minimum absolute atomic E-state index is 0.132. The lowest BCUT2D eigenvalue weighted by Gasteiger charge is -2.18. The molecule has 1 N–H and O–H groups in total. The van der Waals surface area contributed by atoms with Crippen LogP contribution in [0.2, 0.25) is 0 Å². The highest BCUT2D eigenvalue weighted by Gasteiger charge is 2.38. The van der Waals surface area contributed by atoms with Gasteiger partial charge in [-0.15, -0.1) is 0 Å². The Morgan fingerprint density at radius 1 is 1.50 bits per heavy atom. The van der Waals surface area contributed by atoms with E-state index in [1.54, 1.807) is 0 Å². The molecular weight excluding hydrogens is 246 g/mol. The molecule has 0 aliphatic carbocycles. The second-order valence-electron chi connectivity index (χ2n) is 4.26. The minimum Gasteiger partial charge on any atom is -0.391 e. The van der Waals surface area contributed by atoms with Crippen LogP contribution in [-0.4, -0.2) is 29.0 Å². The maximum atomic E-state index is 13.1. The summed E-state index contributed by atoms with van der Waals surface area (Å²) in [5.41, 5.74) is 0.404. The SMILES string of the molecule is O=[N+]([O-])c1ccc(N2CCC(F)(F)C2)cc1CO. The number of anilines is 1. The van der Waals surface area contributed by atoms with Gasteiger partial charge in [0.1, 0.15) is 0 Å². The molecule has 1 aromatic rings. The van der Waals surface area contributed by atoms with Crippen molar-refractivity contribution in [3.63, 3.8) is 0 Å². The van der Waals surface area contributed by atoms with E-state index in [-0.39, 0.29) is 24.2 Å².